The maximum atomic E-state index is 12.3. The molecule has 1 atom stereocenters. The second-order valence-electron chi connectivity index (χ2n) is 5.89. The highest BCUT2D eigenvalue weighted by molar-refractivity contribution is 6.07. The number of imide groups is 1. The van der Waals surface area contributed by atoms with E-state index in [2.05, 4.69) is 15.3 Å². The van der Waals surface area contributed by atoms with E-state index in [1.807, 2.05) is 26.8 Å². The fourth-order valence-electron chi connectivity index (χ4n) is 2.56. The molecule has 1 saturated heterocycles. The first-order valence-corrected chi connectivity index (χ1v) is 8.14. The molecule has 0 saturated carbocycles. The molecule has 7 heteroatoms. The summed E-state index contributed by atoms with van der Waals surface area (Å²) < 4.78 is 0. The number of phenols is 1. The minimum absolute atomic E-state index is 0.0495. The lowest BCUT2D eigenvalue weighted by Gasteiger charge is -2.21. The van der Waals surface area contributed by atoms with Crippen molar-refractivity contribution in [3.8, 4) is 5.75 Å². The monoisotopic (exact) mass is 332 g/mol. The van der Waals surface area contributed by atoms with E-state index < -0.39 is 17.5 Å². The largest absolute Gasteiger partial charge is 0.507 e. The Kier molecular flexibility index (Phi) is 5.11. The van der Waals surface area contributed by atoms with Crippen LogP contribution in [0.2, 0.25) is 0 Å². The summed E-state index contributed by atoms with van der Waals surface area (Å²) in [6.07, 6.45) is 1.80. The third kappa shape index (κ3) is 3.20. The Bertz CT molecular complexity index is 670. The van der Waals surface area contributed by atoms with Gasteiger partial charge >= 0.3 is 6.03 Å². The molecule has 2 rings (SSSR count). The summed E-state index contributed by atoms with van der Waals surface area (Å²) in [5.74, 6) is -0.348. The van der Waals surface area contributed by atoms with Crippen molar-refractivity contribution >= 4 is 23.8 Å². The zero-order chi connectivity index (χ0) is 17.9. The quantitative estimate of drug-likeness (QED) is 0.618. The lowest BCUT2D eigenvalue weighted by molar-refractivity contribution is -0.130. The first-order valence-electron chi connectivity index (χ1n) is 8.14. The minimum Gasteiger partial charge on any atom is -0.507 e. The molecule has 1 heterocycles. The maximum Gasteiger partial charge on any atom is 0.346 e. The number of urea groups is 1. The first-order chi connectivity index (χ1) is 11.4. The van der Waals surface area contributed by atoms with Gasteiger partial charge < -0.3 is 15.3 Å². The van der Waals surface area contributed by atoms with Crippen LogP contribution in [0, 0.1) is 0 Å². The van der Waals surface area contributed by atoms with Gasteiger partial charge in [-0.3, -0.25) is 4.79 Å². The molecule has 0 aromatic heterocycles. The molecule has 0 unspecified atom stereocenters. The summed E-state index contributed by atoms with van der Waals surface area (Å²) >= 11 is 0. The summed E-state index contributed by atoms with van der Waals surface area (Å²) in [5.41, 5.74) is 0.420. The van der Waals surface area contributed by atoms with Crippen LogP contribution in [0.4, 0.5) is 10.5 Å². The van der Waals surface area contributed by atoms with Crippen LogP contribution in [0.25, 0.3) is 0 Å². The van der Waals surface area contributed by atoms with E-state index in [4.69, 9.17) is 0 Å². The van der Waals surface area contributed by atoms with E-state index in [-0.39, 0.29) is 5.75 Å². The van der Waals surface area contributed by atoms with E-state index >= 15 is 0 Å². The van der Waals surface area contributed by atoms with Crippen LogP contribution in [0.5, 0.6) is 5.75 Å². The number of nitrogens with one attached hydrogen (secondary N) is 1. The predicted octanol–water partition coefficient (Wildman–Crippen LogP) is 2.29. The molecule has 7 nitrogen and oxygen atoms in total. The molecule has 0 aliphatic carbocycles. The Morgan fingerprint density at radius 1 is 1.29 bits per heavy atom. The van der Waals surface area contributed by atoms with Crippen molar-refractivity contribution in [2.24, 2.45) is 5.10 Å². The SMILES string of the molecule is CCN(CC)c1ccc(/C=N/N2C(=O)N[C@@](C)(CC)C2=O)c(O)c1. The zero-order valence-electron chi connectivity index (χ0n) is 14.5. The van der Waals surface area contributed by atoms with Gasteiger partial charge in [0.2, 0.25) is 0 Å². The number of benzene rings is 1. The van der Waals surface area contributed by atoms with Gasteiger partial charge in [0.25, 0.3) is 5.91 Å². The fraction of sp³-hybridized carbons (Fsp3) is 0.471. The molecule has 0 bridgehead atoms. The van der Waals surface area contributed by atoms with Gasteiger partial charge in [-0.15, -0.1) is 5.01 Å². The average molecular weight is 332 g/mol. The molecule has 1 aromatic carbocycles. The molecule has 3 amide bonds. The molecule has 130 valence electrons. The van der Waals surface area contributed by atoms with E-state index in [9.17, 15) is 14.7 Å². The predicted molar refractivity (Wildman–Crippen MR) is 93.3 cm³/mol. The second-order valence-corrected chi connectivity index (χ2v) is 5.89. The van der Waals surface area contributed by atoms with Crippen LogP contribution < -0.4 is 10.2 Å². The molecule has 1 fully saturated rings. The third-order valence-electron chi connectivity index (χ3n) is 4.40. The van der Waals surface area contributed by atoms with Crippen molar-refractivity contribution < 1.29 is 14.7 Å². The zero-order valence-corrected chi connectivity index (χ0v) is 14.5. The summed E-state index contributed by atoms with van der Waals surface area (Å²) in [5, 5.41) is 17.5. The highest BCUT2D eigenvalue weighted by atomic mass is 16.3. The molecule has 2 N–H and O–H groups in total. The number of phenolic OH excluding ortho intramolecular Hbond substituents is 1. The Balaban J connectivity index is 2.21. The Morgan fingerprint density at radius 3 is 2.46 bits per heavy atom. The summed E-state index contributed by atoms with van der Waals surface area (Å²) in [6, 6.07) is 4.68. The average Bonchev–Trinajstić information content (AvgIpc) is 2.78. The van der Waals surface area contributed by atoms with Crippen molar-refractivity contribution in [1.29, 1.82) is 0 Å². The smallest absolute Gasteiger partial charge is 0.346 e. The fourth-order valence-corrected chi connectivity index (χ4v) is 2.56. The van der Waals surface area contributed by atoms with Crippen LogP contribution in [0.15, 0.2) is 23.3 Å². The van der Waals surface area contributed by atoms with Gasteiger partial charge in [0, 0.05) is 30.4 Å². The normalized spacial score (nSPS) is 20.8. The molecular weight excluding hydrogens is 308 g/mol. The summed E-state index contributed by atoms with van der Waals surface area (Å²) in [6.45, 7) is 9.24. The Morgan fingerprint density at radius 2 is 1.96 bits per heavy atom. The highest BCUT2D eigenvalue weighted by Crippen LogP contribution is 2.25. The van der Waals surface area contributed by atoms with E-state index in [0.29, 0.717) is 12.0 Å². The van der Waals surface area contributed by atoms with Crippen LogP contribution in [-0.2, 0) is 4.79 Å². The Labute approximate surface area is 141 Å². The van der Waals surface area contributed by atoms with Crippen molar-refractivity contribution in [3.63, 3.8) is 0 Å². The van der Waals surface area contributed by atoms with Crippen molar-refractivity contribution in [1.82, 2.24) is 10.3 Å². The van der Waals surface area contributed by atoms with Gasteiger partial charge in [0.05, 0.1) is 6.21 Å². The second kappa shape index (κ2) is 6.90. The van der Waals surface area contributed by atoms with Crippen molar-refractivity contribution in [2.75, 3.05) is 18.0 Å². The van der Waals surface area contributed by atoms with E-state index in [1.54, 1.807) is 19.1 Å². The number of carbonyl (C=O) groups is 2. The number of carbonyl (C=O) groups excluding carboxylic acids is 2. The maximum absolute atomic E-state index is 12.3. The number of hydrogen-bond donors (Lipinski definition) is 2. The number of nitrogens with zero attached hydrogens (tertiary/aromatic N) is 3. The van der Waals surface area contributed by atoms with Crippen molar-refractivity contribution in [3.05, 3.63) is 23.8 Å². The summed E-state index contributed by atoms with van der Waals surface area (Å²) in [7, 11) is 0. The third-order valence-corrected chi connectivity index (χ3v) is 4.40. The summed E-state index contributed by atoms with van der Waals surface area (Å²) in [4.78, 5) is 26.3. The van der Waals surface area contributed by atoms with Gasteiger partial charge in [-0.1, -0.05) is 6.92 Å². The van der Waals surface area contributed by atoms with Gasteiger partial charge in [-0.05, 0) is 39.3 Å². The molecule has 1 aliphatic heterocycles. The van der Waals surface area contributed by atoms with Crippen LogP contribution in [-0.4, -0.2) is 46.9 Å². The van der Waals surface area contributed by atoms with Crippen LogP contribution in [0.3, 0.4) is 0 Å². The number of hydrogen-bond acceptors (Lipinski definition) is 5. The Hall–Kier alpha value is -2.57. The van der Waals surface area contributed by atoms with E-state index in [1.165, 1.54) is 6.21 Å². The molecule has 0 spiro atoms. The number of hydrazone groups is 1. The van der Waals surface area contributed by atoms with Gasteiger partial charge in [0.15, 0.2) is 0 Å². The van der Waals surface area contributed by atoms with Crippen molar-refractivity contribution in [2.45, 2.75) is 39.7 Å². The number of rotatable bonds is 6. The number of aromatic hydroxyl groups is 1. The lowest BCUT2D eigenvalue weighted by atomic mass is 10.00. The van der Waals surface area contributed by atoms with Crippen LogP contribution >= 0.6 is 0 Å². The molecular formula is C17H24N4O3. The standard InChI is InChI=1S/C17H24N4O3/c1-5-17(4)15(23)21(16(24)19-17)18-11-12-8-9-13(10-14(12)22)20(6-2)7-3/h8-11,22H,5-7H2,1-4H3,(H,19,24)/b18-11+/t17-/m0/s1. The first kappa shape index (κ1) is 17.8. The lowest BCUT2D eigenvalue weighted by Crippen LogP contribution is -2.42. The highest BCUT2D eigenvalue weighted by Gasteiger charge is 2.46. The van der Waals surface area contributed by atoms with Gasteiger partial charge in [0.1, 0.15) is 11.3 Å². The molecule has 0 radical (unpaired) electrons. The number of anilines is 1. The molecule has 1 aromatic rings. The van der Waals surface area contributed by atoms with Crippen LogP contribution in [0.1, 0.15) is 39.7 Å². The van der Waals surface area contributed by atoms with Gasteiger partial charge in [-0.25, -0.2) is 4.79 Å². The number of amides is 3. The van der Waals surface area contributed by atoms with E-state index in [0.717, 1.165) is 23.8 Å². The molecule has 24 heavy (non-hydrogen) atoms. The topological polar surface area (TPSA) is 85.2 Å². The molecule has 1 aliphatic rings. The minimum atomic E-state index is -0.928. The van der Waals surface area contributed by atoms with Gasteiger partial charge in [-0.2, -0.15) is 5.10 Å².